The molecule has 2 atom stereocenters. The van der Waals surface area contributed by atoms with Crippen LogP contribution in [-0.4, -0.2) is 31.5 Å². The van der Waals surface area contributed by atoms with Gasteiger partial charge >= 0.3 is 0 Å². The highest BCUT2D eigenvalue weighted by Gasteiger charge is 2.41. The zero-order chi connectivity index (χ0) is 14.2. The van der Waals surface area contributed by atoms with Crippen LogP contribution in [0, 0.1) is 13.8 Å². The molecule has 4 heteroatoms. The van der Waals surface area contributed by atoms with E-state index in [0.29, 0.717) is 6.61 Å². The molecule has 3 rings (SSSR count). The first-order valence-corrected chi connectivity index (χ1v) is 8.02. The topological polar surface area (TPSA) is 27.7 Å². The number of benzene rings is 1. The van der Waals surface area contributed by atoms with E-state index in [2.05, 4.69) is 41.9 Å². The number of aryl methyl sites for hydroxylation is 2. The largest absolute Gasteiger partial charge is 0.490 e. The first-order chi connectivity index (χ1) is 9.58. The van der Waals surface area contributed by atoms with Crippen molar-refractivity contribution < 1.29 is 14.2 Å². The fourth-order valence-corrected chi connectivity index (χ4v) is 3.34. The van der Waals surface area contributed by atoms with Crippen molar-refractivity contribution in [2.45, 2.75) is 44.8 Å². The maximum atomic E-state index is 6.20. The Kier molecular flexibility index (Phi) is 4.07. The van der Waals surface area contributed by atoms with E-state index in [0.717, 1.165) is 42.7 Å². The predicted octanol–water partition coefficient (Wildman–Crippen LogP) is 3.78. The van der Waals surface area contributed by atoms with Gasteiger partial charge in [-0.15, -0.1) is 0 Å². The third-order valence-electron chi connectivity index (χ3n) is 4.23. The van der Waals surface area contributed by atoms with Gasteiger partial charge in [0.2, 0.25) is 0 Å². The van der Waals surface area contributed by atoms with E-state index < -0.39 is 0 Å². The Hall–Kier alpha value is -0.580. The maximum Gasteiger partial charge on any atom is 0.120 e. The van der Waals surface area contributed by atoms with Gasteiger partial charge in [-0.3, -0.25) is 0 Å². The van der Waals surface area contributed by atoms with Crippen LogP contribution in [-0.2, 0) is 9.47 Å². The van der Waals surface area contributed by atoms with Gasteiger partial charge in [-0.1, -0.05) is 15.9 Å². The van der Waals surface area contributed by atoms with Crippen LogP contribution in [0.1, 0.15) is 30.4 Å². The molecule has 0 radical (unpaired) electrons. The Labute approximate surface area is 128 Å². The minimum atomic E-state index is -0.0949. The van der Waals surface area contributed by atoms with Crippen molar-refractivity contribution in [1.29, 1.82) is 0 Å². The fourth-order valence-electron chi connectivity index (χ4n) is 3.11. The Morgan fingerprint density at radius 3 is 2.65 bits per heavy atom. The number of halogens is 1. The van der Waals surface area contributed by atoms with E-state index in [1.807, 2.05) is 0 Å². The Bertz CT molecular complexity index is 471. The van der Waals surface area contributed by atoms with Gasteiger partial charge in [0.1, 0.15) is 11.9 Å². The third kappa shape index (κ3) is 2.87. The molecule has 0 bridgehead atoms. The molecule has 2 saturated heterocycles. The van der Waals surface area contributed by atoms with Crippen LogP contribution in [0.3, 0.4) is 0 Å². The zero-order valence-corrected chi connectivity index (χ0v) is 13.7. The lowest BCUT2D eigenvalue weighted by Gasteiger charge is -2.37. The van der Waals surface area contributed by atoms with Gasteiger partial charge in [-0.2, -0.15) is 0 Å². The summed E-state index contributed by atoms with van der Waals surface area (Å²) in [5, 5.41) is 0. The Morgan fingerprint density at radius 2 is 2.00 bits per heavy atom. The lowest BCUT2D eigenvalue weighted by molar-refractivity contribution is -0.112. The molecule has 2 unspecified atom stereocenters. The molecule has 3 nitrogen and oxygen atoms in total. The van der Waals surface area contributed by atoms with Crippen molar-refractivity contribution in [3.63, 3.8) is 0 Å². The van der Waals surface area contributed by atoms with Crippen LogP contribution in [0.2, 0.25) is 0 Å². The summed E-state index contributed by atoms with van der Waals surface area (Å²) >= 11 is 3.60. The van der Waals surface area contributed by atoms with E-state index >= 15 is 0 Å². The summed E-state index contributed by atoms with van der Waals surface area (Å²) in [6, 6.07) is 4.20. The van der Waals surface area contributed by atoms with Gasteiger partial charge in [0.25, 0.3) is 0 Å². The maximum absolute atomic E-state index is 6.20. The molecule has 20 heavy (non-hydrogen) atoms. The first kappa shape index (κ1) is 14.4. The van der Waals surface area contributed by atoms with E-state index in [1.165, 1.54) is 11.1 Å². The van der Waals surface area contributed by atoms with Gasteiger partial charge in [-0.25, -0.2) is 0 Å². The highest BCUT2D eigenvalue weighted by molar-refractivity contribution is 9.10. The molecule has 2 heterocycles. The normalized spacial score (nSPS) is 29.9. The van der Waals surface area contributed by atoms with E-state index in [9.17, 15) is 0 Å². The third-order valence-corrected chi connectivity index (χ3v) is 5.48. The van der Waals surface area contributed by atoms with Crippen LogP contribution in [0.4, 0.5) is 0 Å². The Balaban J connectivity index is 1.71. The molecule has 2 aliphatic rings. The highest BCUT2D eigenvalue weighted by atomic mass is 79.9. The van der Waals surface area contributed by atoms with Crippen LogP contribution >= 0.6 is 15.9 Å². The number of hydrogen-bond donors (Lipinski definition) is 0. The lowest BCUT2D eigenvalue weighted by atomic mass is 9.91. The van der Waals surface area contributed by atoms with Crippen LogP contribution in [0.5, 0.6) is 5.75 Å². The molecule has 2 aliphatic heterocycles. The zero-order valence-electron chi connectivity index (χ0n) is 12.1. The molecule has 2 fully saturated rings. The van der Waals surface area contributed by atoms with Crippen LogP contribution in [0.15, 0.2) is 16.6 Å². The SMILES string of the molecule is Cc1cc(OC2CCOC3(CCOC3)C2)cc(C)c1Br. The van der Waals surface area contributed by atoms with Gasteiger partial charge in [0, 0.05) is 30.3 Å². The van der Waals surface area contributed by atoms with Crippen LogP contribution < -0.4 is 4.74 Å². The molecule has 110 valence electrons. The predicted molar refractivity (Wildman–Crippen MR) is 81.4 cm³/mol. The quantitative estimate of drug-likeness (QED) is 0.819. The van der Waals surface area contributed by atoms with Gasteiger partial charge in [0.15, 0.2) is 0 Å². The van der Waals surface area contributed by atoms with Crippen molar-refractivity contribution in [3.8, 4) is 5.75 Å². The summed E-state index contributed by atoms with van der Waals surface area (Å²) in [6.07, 6.45) is 3.10. The summed E-state index contributed by atoms with van der Waals surface area (Å²) in [4.78, 5) is 0. The Morgan fingerprint density at radius 1 is 1.25 bits per heavy atom. The monoisotopic (exact) mass is 340 g/mol. The number of rotatable bonds is 2. The molecule has 1 aromatic carbocycles. The minimum absolute atomic E-state index is 0.0949. The number of hydrogen-bond acceptors (Lipinski definition) is 3. The molecule has 0 aliphatic carbocycles. The molecule has 1 spiro atoms. The second kappa shape index (κ2) is 5.66. The first-order valence-electron chi connectivity index (χ1n) is 7.23. The molecular formula is C16H21BrO3. The average molecular weight is 341 g/mol. The molecular weight excluding hydrogens is 320 g/mol. The van der Waals surface area contributed by atoms with Crippen molar-refractivity contribution in [1.82, 2.24) is 0 Å². The van der Waals surface area contributed by atoms with Gasteiger partial charge < -0.3 is 14.2 Å². The van der Waals surface area contributed by atoms with Gasteiger partial charge in [0.05, 0.1) is 18.8 Å². The highest BCUT2D eigenvalue weighted by Crippen LogP contribution is 2.35. The fraction of sp³-hybridized carbons (Fsp3) is 0.625. The van der Waals surface area contributed by atoms with Gasteiger partial charge in [-0.05, 0) is 37.1 Å². The summed E-state index contributed by atoms with van der Waals surface area (Å²) in [5.41, 5.74) is 2.33. The van der Waals surface area contributed by atoms with E-state index in [-0.39, 0.29) is 11.7 Å². The summed E-state index contributed by atoms with van der Waals surface area (Å²) < 4.78 is 18.8. The van der Waals surface area contributed by atoms with E-state index in [1.54, 1.807) is 0 Å². The van der Waals surface area contributed by atoms with Crippen molar-refractivity contribution in [3.05, 3.63) is 27.7 Å². The molecule has 0 N–H and O–H groups in total. The average Bonchev–Trinajstić information content (AvgIpc) is 2.84. The van der Waals surface area contributed by atoms with Crippen molar-refractivity contribution >= 4 is 15.9 Å². The lowest BCUT2D eigenvalue weighted by Crippen LogP contribution is -2.44. The molecule has 0 aromatic heterocycles. The van der Waals surface area contributed by atoms with Crippen molar-refractivity contribution in [2.24, 2.45) is 0 Å². The smallest absolute Gasteiger partial charge is 0.120 e. The van der Waals surface area contributed by atoms with Crippen LogP contribution in [0.25, 0.3) is 0 Å². The summed E-state index contributed by atoms with van der Waals surface area (Å²) in [6.45, 7) is 6.48. The number of ether oxygens (including phenoxy) is 3. The molecule has 1 aromatic rings. The molecule has 0 amide bonds. The second-order valence-electron chi connectivity index (χ2n) is 5.94. The minimum Gasteiger partial charge on any atom is -0.490 e. The van der Waals surface area contributed by atoms with Crippen molar-refractivity contribution in [2.75, 3.05) is 19.8 Å². The molecule has 0 saturated carbocycles. The summed E-state index contributed by atoms with van der Waals surface area (Å²) in [5.74, 6) is 0.962. The second-order valence-corrected chi connectivity index (χ2v) is 6.73. The standard InChI is InChI=1S/C16H21BrO3/c1-11-7-14(8-12(2)15(11)17)20-13-3-5-19-16(9-13)4-6-18-10-16/h7-8,13H,3-6,9-10H2,1-2H3. The summed E-state index contributed by atoms with van der Waals surface area (Å²) in [7, 11) is 0. The van der Waals surface area contributed by atoms with E-state index in [4.69, 9.17) is 14.2 Å².